The average molecular weight is 146 g/mol. The summed E-state index contributed by atoms with van der Waals surface area (Å²) in [6.07, 6.45) is 1.01. The van der Waals surface area contributed by atoms with E-state index in [4.69, 9.17) is 14.2 Å². The molecule has 3 heteroatoms. The molecule has 0 N–H and O–H groups in total. The van der Waals surface area contributed by atoms with E-state index in [0.717, 1.165) is 19.8 Å². The van der Waals surface area contributed by atoms with E-state index < -0.39 is 0 Å². The van der Waals surface area contributed by atoms with Gasteiger partial charge in [0, 0.05) is 7.11 Å². The maximum Gasteiger partial charge on any atom is 0.104 e. The molecule has 2 atom stereocenters. The number of hydrogen-bond acceptors (Lipinski definition) is 3. The SMILES string of the molecule is COCC1CO1.C[C@@H]1CO1. The van der Waals surface area contributed by atoms with Crippen molar-refractivity contribution in [1.29, 1.82) is 0 Å². The highest BCUT2D eigenvalue weighted by atomic mass is 16.6. The third kappa shape index (κ3) is 4.73. The second-order valence-electron chi connectivity index (χ2n) is 2.55. The molecule has 2 saturated heterocycles. The summed E-state index contributed by atoms with van der Waals surface area (Å²) < 4.78 is 14.3. The monoisotopic (exact) mass is 146 g/mol. The fourth-order valence-corrected chi connectivity index (χ4v) is 0.446. The lowest BCUT2D eigenvalue weighted by atomic mass is 10.5. The predicted octanol–water partition coefficient (Wildman–Crippen LogP) is 0.437. The van der Waals surface area contributed by atoms with Gasteiger partial charge in [-0.1, -0.05) is 0 Å². The number of rotatable bonds is 2. The Morgan fingerprint density at radius 1 is 1.40 bits per heavy atom. The molecule has 0 aromatic rings. The maximum absolute atomic E-state index is 4.82. The largest absolute Gasteiger partial charge is 0.382 e. The lowest BCUT2D eigenvalue weighted by molar-refractivity contribution is 0.171. The van der Waals surface area contributed by atoms with E-state index in [2.05, 4.69) is 6.92 Å². The minimum absolute atomic E-state index is 0.426. The van der Waals surface area contributed by atoms with Crippen molar-refractivity contribution in [3.05, 3.63) is 0 Å². The van der Waals surface area contributed by atoms with Crippen molar-refractivity contribution in [3.8, 4) is 0 Å². The van der Waals surface area contributed by atoms with Gasteiger partial charge in [0.25, 0.3) is 0 Å². The zero-order valence-electron chi connectivity index (χ0n) is 6.50. The first-order chi connectivity index (χ1) is 4.83. The molecule has 3 nitrogen and oxygen atoms in total. The summed E-state index contributed by atoms with van der Waals surface area (Å²) in [5.41, 5.74) is 0. The molecule has 60 valence electrons. The average Bonchev–Trinajstić information content (AvgIpc) is 2.68. The first-order valence-corrected chi connectivity index (χ1v) is 3.55. The van der Waals surface area contributed by atoms with Crippen molar-refractivity contribution in [3.63, 3.8) is 0 Å². The van der Waals surface area contributed by atoms with Gasteiger partial charge < -0.3 is 14.2 Å². The molecular formula is C7H14O3. The molecule has 2 aliphatic rings. The molecule has 2 heterocycles. The van der Waals surface area contributed by atoms with Crippen molar-refractivity contribution in [2.75, 3.05) is 26.9 Å². The molecular weight excluding hydrogens is 132 g/mol. The second kappa shape index (κ2) is 3.91. The molecule has 0 radical (unpaired) electrons. The molecule has 2 fully saturated rings. The smallest absolute Gasteiger partial charge is 0.104 e. The Kier molecular flexibility index (Phi) is 3.12. The van der Waals surface area contributed by atoms with Gasteiger partial charge in [-0.3, -0.25) is 0 Å². The van der Waals surface area contributed by atoms with Crippen LogP contribution < -0.4 is 0 Å². The summed E-state index contributed by atoms with van der Waals surface area (Å²) in [5, 5.41) is 0. The van der Waals surface area contributed by atoms with E-state index in [1.807, 2.05) is 0 Å². The molecule has 10 heavy (non-hydrogen) atoms. The topological polar surface area (TPSA) is 34.3 Å². The van der Waals surface area contributed by atoms with Crippen LogP contribution in [0.5, 0.6) is 0 Å². The van der Waals surface area contributed by atoms with E-state index in [9.17, 15) is 0 Å². The molecule has 0 aliphatic carbocycles. The summed E-state index contributed by atoms with van der Waals surface area (Å²) in [4.78, 5) is 0. The Morgan fingerprint density at radius 2 is 1.90 bits per heavy atom. The van der Waals surface area contributed by atoms with E-state index in [-0.39, 0.29) is 0 Å². The van der Waals surface area contributed by atoms with Gasteiger partial charge in [-0.15, -0.1) is 0 Å². The highest BCUT2D eigenvalue weighted by molar-refractivity contribution is 4.66. The first kappa shape index (κ1) is 7.98. The second-order valence-corrected chi connectivity index (χ2v) is 2.55. The van der Waals surface area contributed by atoms with E-state index in [1.54, 1.807) is 7.11 Å². The fourth-order valence-electron chi connectivity index (χ4n) is 0.446. The quantitative estimate of drug-likeness (QED) is 0.530. The summed E-state index contributed by atoms with van der Waals surface area (Å²) >= 11 is 0. The Balaban J connectivity index is 0.000000108. The van der Waals surface area contributed by atoms with Crippen LogP contribution in [0.25, 0.3) is 0 Å². The van der Waals surface area contributed by atoms with Crippen molar-refractivity contribution in [2.24, 2.45) is 0 Å². The minimum Gasteiger partial charge on any atom is -0.382 e. The molecule has 0 spiro atoms. The molecule has 2 rings (SSSR count). The van der Waals surface area contributed by atoms with Gasteiger partial charge in [-0.2, -0.15) is 0 Å². The first-order valence-electron chi connectivity index (χ1n) is 3.55. The van der Waals surface area contributed by atoms with Crippen LogP contribution in [0.4, 0.5) is 0 Å². The van der Waals surface area contributed by atoms with Gasteiger partial charge >= 0.3 is 0 Å². The predicted molar refractivity (Wildman–Crippen MR) is 37.0 cm³/mol. The van der Waals surface area contributed by atoms with Gasteiger partial charge in [-0.25, -0.2) is 0 Å². The van der Waals surface area contributed by atoms with Crippen LogP contribution in [-0.4, -0.2) is 39.1 Å². The number of ether oxygens (including phenoxy) is 3. The van der Waals surface area contributed by atoms with Crippen LogP contribution in [0.1, 0.15) is 6.92 Å². The van der Waals surface area contributed by atoms with Gasteiger partial charge in [0.1, 0.15) is 6.10 Å². The Labute approximate surface area is 61.3 Å². The van der Waals surface area contributed by atoms with Crippen molar-refractivity contribution < 1.29 is 14.2 Å². The Morgan fingerprint density at radius 3 is 2.00 bits per heavy atom. The highest BCUT2D eigenvalue weighted by Gasteiger charge is 2.21. The van der Waals surface area contributed by atoms with E-state index >= 15 is 0 Å². The van der Waals surface area contributed by atoms with Gasteiger partial charge in [0.05, 0.1) is 25.9 Å². The summed E-state index contributed by atoms with van der Waals surface area (Å²) in [5.74, 6) is 0. The third-order valence-corrected chi connectivity index (χ3v) is 1.25. The van der Waals surface area contributed by atoms with Crippen LogP contribution >= 0.6 is 0 Å². The normalized spacial score (nSPS) is 34.2. The number of methoxy groups -OCH3 is 1. The molecule has 0 aromatic carbocycles. The lowest BCUT2D eigenvalue weighted by Gasteiger charge is -1.84. The molecule has 0 saturated carbocycles. The van der Waals surface area contributed by atoms with Crippen molar-refractivity contribution in [2.45, 2.75) is 19.1 Å². The van der Waals surface area contributed by atoms with E-state index in [1.165, 1.54) is 0 Å². The molecule has 2 aliphatic heterocycles. The summed E-state index contributed by atoms with van der Waals surface area (Å²) in [6, 6.07) is 0. The van der Waals surface area contributed by atoms with Crippen LogP contribution in [0.3, 0.4) is 0 Å². The van der Waals surface area contributed by atoms with Crippen LogP contribution in [0.15, 0.2) is 0 Å². The third-order valence-electron chi connectivity index (χ3n) is 1.25. The maximum atomic E-state index is 4.82. The van der Waals surface area contributed by atoms with Crippen LogP contribution in [0.2, 0.25) is 0 Å². The summed E-state index contributed by atoms with van der Waals surface area (Å²) in [6.45, 7) is 4.70. The fraction of sp³-hybridized carbons (Fsp3) is 1.00. The number of hydrogen-bond donors (Lipinski definition) is 0. The highest BCUT2D eigenvalue weighted by Crippen LogP contribution is 2.07. The van der Waals surface area contributed by atoms with Crippen LogP contribution in [0, 0.1) is 0 Å². The zero-order valence-corrected chi connectivity index (χ0v) is 6.50. The summed E-state index contributed by atoms with van der Waals surface area (Å²) in [7, 11) is 1.68. The molecule has 0 aromatic heterocycles. The van der Waals surface area contributed by atoms with Crippen molar-refractivity contribution in [1.82, 2.24) is 0 Å². The molecule has 1 unspecified atom stereocenters. The van der Waals surface area contributed by atoms with Crippen LogP contribution in [-0.2, 0) is 14.2 Å². The zero-order chi connectivity index (χ0) is 7.40. The van der Waals surface area contributed by atoms with Crippen molar-refractivity contribution >= 4 is 0 Å². The molecule has 0 bridgehead atoms. The van der Waals surface area contributed by atoms with E-state index in [0.29, 0.717) is 12.2 Å². The van der Waals surface area contributed by atoms with Gasteiger partial charge in [0.2, 0.25) is 0 Å². The standard InChI is InChI=1S/C4H8O2.C3H6O/c1-5-2-4-3-6-4;1-3-2-4-3/h4H,2-3H2,1H3;3H,2H2,1H3/t;3-/m.1/s1. The van der Waals surface area contributed by atoms with Gasteiger partial charge in [-0.05, 0) is 6.92 Å². The Bertz CT molecular complexity index is 86.9. The Hall–Kier alpha value is -0.120. The van der Waals surface area contributed by atoms with Gasteiger partial charge in [0.15, 0.2) is 0 Å². The minimum atomic E-state index is 0.426. The number of epoxide rings is 2. The molecule has 0 amide bonds. The lowest BCUT2D eigenvalue weighted by Crippen LogP contribution is -1.94.